The van der Waals surface area contributed by atoms with Gasteiger partial charge in [-0.2, -0.15) is 5.26 Å². The molecule has 3 heterocycles. The van der Waals surface area contributed by atoms with Crippen molar-refractivity contribution in [2.45, 2.75) is 58.7 Å². The van der Waals surface area contributed by atoms with Gasteiger partial charge in [0.2, 0.25) is 5.96 Å². The van der Waals surface area contributed by atoms with Crippen molar-refractivity contribution in [1.29, 1.82) is 5.26 Å². The Labute approximate surface area is 213 Å². The molecule has 2 saturated heterocycles. The van der Waals surface area contributed by atoms with Gasteiger partial charge in [-0.1, -0.05) is 19.1 Å². The molecule has 1 aromatic carbocycles. The Kier molecular flexibility index (Phi) is 8.39. The molecule has 0 aliphatic carbocycles. The van der Waals surface area contributed by atoms with Crippen LogP contribution in [0.25, 0.3) is 0 Å². The molecule has 2 aliphatic rings. The van der Waals surface area contributed by atoms with Crippen molar-refractivity contribution >= 4 is 17.5 Å². The number of hydrogen-bond donors (Lipinski definition) is 2. The van der Waals surface area contributed by atoms with Gasteiger partial charge in [-0.3, -0.25) is 15.1 Å². The summed E-state index contributed by atoms with van der Waals surface area (Å²) in [4.78, 5) is 16.3. The number of nitriles is 1. The van der Waals surface area contributed by atoms with Crippen LogP contribution < -0.4 is 16.0 Å². The first-order chi connectivity index (χ1) is 17.4. The highest BCUT2D eigenvalue weighted by atomic mass is 19.1. The lowest BCUT2D eigenvalue weighted by Gasteiger charge is -2.48. The van der Waals surface area contributed by atoms with E-state index in [-0.39, 0.29) is 11.8 Å². The molecular weight excluding hydrogens is 455 g/mol. The summed E-state index contributed by atoms with van der Waals surface area (Å²) in [5.74, 6) is 0.945. The third-order valence-electron chi connectivity index (χ3n) is 7.40. The summed E-state index contributed by atoms with van der Waals surface area (Å²) in [6.07, 6.45) is 6.79. The first-order valence-corrected chi connectivity index (χ1v) is 12.8. The zero-order valence-corrected chi connectivity index (χ0v) is 21.5. The number of pyridine rings is 1. The highest BCUT2D eigenvalue weighted by Crippen LogP contribution is 2.28. The number of benzene rings is 1. The standard InChI is InChI=1S/C27H37FN8/c1-4-23-17-35(26-20(3)14-22(15-31-26)33-27(30)32-18-29)11-12-36(23)24-7-9-34(10-8-24)16-21-6-5-19(2)13-25(21)28/h5-6,13-15,23-24H,4,7-12,16-17H2,1-3H3,(H3,30,32,33)/t23-/m0/s1. The van der Waals surface area contributed by atoms with E-state index in [1.54, 1.807) is 18.5 Å². The van der Waals surface area contributed by atoms with Gasteiger partial charge in [-0.05, 0) is 69.5 Å². The van der Waals surface area contributed by atoms with Crippen LogP contribution in [-0.2, 0) is 6.54 Å². The average molecular weight is 493 g/mol. The number of aromatic nitrogens is 1. The number of rotatable bonds is 6. The lowest BCUT2D eigenvalue weighted by atomic mass is 9.97. The first-order valence-electron chi connectivity index (χ1n) is 12.8. The van der Waals surface area contributed by atoms with Crippen molar-refractivity contribution in [3.8, 4) is 6.19 Å². The van der Waals surface area contributed by atoms with Gasteiger partial charge < -0.3 is 10.6 Å². The number of nitrogens with zero attached hydrogens (tertiary/aromatic N) is 6. The number of likely N-dealkylation sites (tertiary alicyclic amines) is 1. The van der Waals surface area contributed by atoms with Crippen molar-refractivity contribution in [3.63, 3.8) is 0 Å². The number of piperidine rings is 1. The fourth-order valence-corrected chi connectivity index (χ4v) is 5.51. The number of guanidine groups is 1. The number of nitrogens with two attached hydrogens (primary N) is 1. The summed E-state index contributed by atoms with van der Waals surface area (Å²) in [5.41, 5.74) is 9.11. The van der Waals surface area contributed by atoms with Gasteiger partial charge in [0.1, 0.15) is 11.6 Å². The molecule has 0 bridgehead atoms. The minimum absolute atomic E-state index is 0.0566. The maximum absolute atomic E-state index is 14.3. The van der Waals surface area contributed by atoms with E-state index in [0.29, 0.717) is 24.3 Å². The summed E-state index contributed by atoms with van der Waals surface area (Å²) in [6, 6.07) is 8.54. The maximum atomic E-state index is 14.3. The Morgan fingerprint density at radius 3 is 2.67 bits per heavy atom. The Hall–Kier alpha value is -3.22. The van der Waals surface area contributed by atoms with Gasteiger partial charge in [-0.25, -0.2) is 14.4 Å². The number of nitrogens with one attached hydrogen (secondary N) is 1. The van der Waals surface area contributed by atoms with E-state index in [9.17, 15) is 4.39 Å². The van der Waals surface area contributed by atoms with Crippen LogP contribution >= 0.6 is 0 Å². The molecule has 2 aliphatic heterocycles. The molecule has 0 saturated carbocycles. The molecule has 1 aromatic heterocycles. The maximum Gasteiger partial charge on any atom is 0.207 e. The predicted molar refractivity (Wildman–Crippen MR) is 141 cm³/mol. The average Bonchev–Trinajstić information content (AvgIpc) is 2.86. The summed E-state index contributed by atoms with van der Waals surface area (Å²) in [5, 5.41) is 11.0. The topological polar surface area (TPSA) is 96.8 Å². The van der Waals surface area contributed by atoms with E-state index < -0.39 is 0 Å². The zero-order valence-electron chi connectivity index (χ0n) is 21.5. The molecule has 2 aromatic rings. The molecule has 3 N–H and O–H groups in total. The van der Waals surface area contributed by atoms with Gasteiger partial charge in [0.15, 0.2) is 6.19 Å². The van der Waals surface area contributed by atoms with Gasteiger partial charge in [0.05, 0.1) is 11.9 Å². The Bertz CT molecular complexity index is 1120. The van der Waals surface area contributed by atoms with E-state index in [1.807, 2.05) is 32.0 Å². The van der Waals surface area contributed by atoms with Crippen LogP contribution in [0.1, 0.15) is 42.9 Å². The molecule has 0 unspecified atom stereocenters. The predicted octanol–water partition coefficient (Wildman–Crippen LogP) is 3.42. The second-order valence-electron chi connectivity index (χ2n) is 9.92. The minimum Gasteiger partial charge on any atom is -0.369 e. The van der Waals surface area contributed by atoms with Crippen molar-refractivity contribution in [2.75, 3.05) is 37.6 Å². The fourth-order valence-electron chi connectivity index (χ4n) is 5.51. The first kappa shape index (κ1) is 25.9. The lowest BCUT2D eigenvalue weighted by Crippen LogP contribution is -2.58. The second-order valence-corrected chi connectivity index (χ2v) is 9.92. The van der Waals surface area contributed by atoms with Crippen LogP contribution in [0.3, 0.4) is 0 Å². The molecule has 36 heavy (non-hydrogen) atoms. The highest BCUT2D eigenvalue weighted by molar-refractivity contribution is 5.82. The van der Waals surface area contributed by atoms with Gasteiger partial charge in [-0.15, -0.1) is 0 Å². The smallest absolute Gasteiger partial charge is 0.207 e. The quantitative estimate of drug-likeness (QED) is 0.276. The van der Waals surface area contributed by atoms with Gasteiger partial charge in [0, 0.05) is 43.8 Å². The largest absolute Gasteiger partial charge is 0.369 e. The number of aliphatic imine (C=N–C) groups is 1. The molecule has 192 valence electrons. The number of aryl methyl sites for hydroxylation is 2. The summed E-state index contributed by atoms with van der Waals surface area (Å²) >= 11 is 0. The van der Waals surface area contributed by atoms with E-state index in [2.05, 4.69) is 36.9 Å². The number of anilines is 1. The molecule has 1 atom stereocenters. The SMILES string of the molecule is CC[C@H]1CN(c2ncc(N=C(N)NC#N)cc2C)CCN1C1CCN(Cc2ccc(C)cc2F)CC1. The molecule has 2 fully saturated rings. The second kappa shape index (κ2) is 11.7. The molecule has 0 radical (unpaired) electrons. The van der Waals surface area contributed by atoms with Crippen molar-refractivity contribution in [2.24, 2.45) is 10.7 Å². The van der Waals surface area contributed by atoms with Crippen LogP contribution in [0.5, 0.6) is 0 Å². The summed E-state index contributed by atoms with van der Waals surface area (Å²) in [7, 11) is 0. The van der Waals surface area contributed by atoms with E-state index in [0.717, 1.165) is 74.5 Å². The Morgan fingerprint density at radius 1 is 1.22 bits per heavy atom. The van der Waals surface area contributed by atoms with Gasteiger partial charge in [0.25, 0.3) is 0 Å². The van der Waals surface area contributed by atoms with Crippen LogP contribution in [0.15, 0.2) is 35.5 Å². The third-order valence-corrected chi connectivity index (χ3v) is 7.40. The van der Waals surface area contributed by atoms with E-state index in [1.165, 1.54) is 0 Å². The molecular formula is C27H37FN8. The molecule has 0 amide bonds. The van der Waals surface area contributed by atoms with Crippen molar-refractivity contribution in [1.82, 2.24) is 20.1 Å². The van der Waals surface area contributed by atoms with Crippen LogP contribution in [0, 0.1) is 31.1 Å². The third kappa shape index (κ3) is 6.12. The summed E-state index contributed by atoms with van der Waals surface area (Å²) < 4.78 is 14.3. The van der Waals surface area contributed by atoms with Crippen molar-refractivity contribution < 1.29 is 4.39 Å². The Morgan fingerprint density at radius 2 is 2.00 bits per heavy atom. The van der Waals surface area contributed by atoms with Crippen molar-refractivity contribution in [3.05, 3.63) is 53.0 Å². The van der Waals surface area contributed by atoms with Crippen LogP contribution in [-0.4, -0.2) is 65.6 Å². The van der Waals surface area contributed by atoms with Gasteiger partial charge >= 0.3 is 0 Å². The minimum atomic E-state index is -0.0923. The number of piperazine rings is 1. The fraction of sp³-hybridized carbons (Fsp3) is 0.519. The normalized spacial score (nSPS) is 20.4. The molecule has 0 spiro atoms. The number of halogens is 1. The monoisotopic (exact) mass is 492 g/mol. The van der Waals surface area contributed by atoms with Crippen LogP contribution in [0.4, 0.5) is 15.9 Å². The van der Waals surface area contributed by atoms with E-state index >= 15 is 0 Å². The van der Waals surface area contributed by atoms with E-state index in [4.69, 9.17) is 11.0 Å². The van der Waals surface area contributed by atoms with Crippen LogP contribution in [0.2, 0.25) is 0 Å². The lowest BCUT2D eigenvalue weighted by molar-refractivity contribution is 0.0607. The zero-order chi connectivity index (χ0) is 25.7. The Balaban J connectivity index is 1.34. The highest BCUT2D eigenvalue weighted by Gasteiger charge is 2.33. The molecule has 9 heteroatoms. The molecule has 4 rings (SSSR count). The molecule has 8 nitrogen and oxygen atoms in total. The summed E-state index contributed by atoms with van der Waals surface area (Å²) in [6.45, 7) is 11.8. The number of hydrogen-bond acceptors (Lipinski definition) is 6.